The summed E-state index contributed by atoms with van der Waals surface area (Å²) < 4.78 is 10.00. The molecule has 0 rings (SSSR count). The molecule has 0 aliphatic carbocycles. The van der Waals surface area contributed by atoms with Crippen LogP contribution in [0, 0.1) is 0 Å². The second-order valence-corrected chi connectivity index (χ2v) is 2.75. The summed E-state index contributed by atoms with van der Waals surface area (Å²) >= 11 is 0. The van der Waals surface area contributed by atoms with Gasteiger partial charge in [-0.25, -0.2) is 0 Å². The fourth-order valence-corrected chi connectivity index (χ4v) is 0.535. The van der Waals surface area contributed by atoms with Gasteiger partial charge in [-0.15, -0.1) is 0 Å². The third kappa shape index (κ3) is 7.43. The third-order valence-electron chi connectivity index (χ3n) is 0.477. The fourth-order valence-electron chi connectivity index (χ4n) is 0.211. The maximum atomic E-state index is 10.00. The van der Waals surface area contributed by atoms with E-state index >= 15 is 0 Å². The second-order valence-electron chi connectivity index (χ2n) is 1.27. The molecule has 52 valence electrons. The lowest BCUT2D eigenvalue weighted by Crippen LogP contribution is -1.66. The molecular weight excluding hydrogens is 143 g/mol. The van der Waals surface area contributed by atoms with Crippen molar-refractivity contribution in [1.29, 1.82) is 0 Å². The highest BCUT2D eigenvalue weighted by Gasteiger charge is 2.03. The smallest absolute Gasteiger partial charge is 0.349 e. The minimum absolute atomic E-state index is 0.687. The van der Waals surface area contributed by atoms with Crippen LogP contribution in [0.25, 0.3) is 0 Å². The van der Waals surface area contributed by atoms with Gasteiger partial charge >= 0.3 is 7.60 Å². The van der Waals surface area contributed by atoms with Crippen molar-refractivity contribution in [1.82, 2.24) is 0 Å². The zero-order chi connectivity index (χ0) is 7.33. The minimum Gasteiger partial charge on any atom is -0.516 e. The van der Waals surface area contributed by atoms with Crippen LogP contribution in [0.4, 0.5) is 0 Å². The van der Waals surface area contributed by atoms with E-state index in [1.165, 1.54) is 0 Å². The van der Waals surface area contributed by atoms with E-state index in [-0.39, 0.29) is 0 Å². The quantitative estimate of drug-likeness (QED) is 0.308. The van der Waals surface area contributed by atoms with Crippen LogP contribution < -0.4 is 0 Å². The molecule has 0 spiro atoms. The number of aliphatic hydroxyl groups excluding tert-OH is 1. The summed E-state index contributed by atoms with van der Waals surface area (Å²) in [5.41, 5.74) is 0. The summed E-state index contributed by atoms with van der Waals surface area (Å²) in [5.74, 6) is 0.694. The van der Waals surface area contributed by atoms with Crippen LogP contribution in [-0.2, 0) is 4.57 Å². The van der Waals surface area contributed by atoms with E-state index < -0.39 is 7.60 Å². The van der Waals surface area contributed by atoms with E-state index in [2.05, 4.69) is 0 Å². The molecule has 0 aromatic heterocycles. The van der Waals surface area contributed by atoms with Gasteiger partial charge in [0.15, 0.2) is 0 Å². The Bertz CT molecular complexity index is 165. The van der Waals surface area contributed by atoms with Gasteiger partial charge < -0.3 is 14.9 Å². The summed E-state index contributed by atoms with van der Waals surface area (Å²) in [6.07, 6.45) is 2.87. The topological polar surface area (TPSA) is 77.8 Å². The van der Waals surface area contributed by atoms with Crippen LogP contribution in [0.1, 0.15) is 0 Å². The van der Waals surface area contributed by atoms with E-state index in [0.29, 0.717) is 12.1 Å². The van der Waals surface area contributed by atoms with Gasteiger partial charge in [-0.1, -0.05) is 6.08 Å². The molecule has 0 atom stereocenters. The number of rotatable bonds is 2. The first kappa shape index (κ1) is 8.43. The molecule has 0 amide bonds. The maximum absolute atomic E-state index is 10.00. The van der Waals surface area contributed by atoms with Crippen LogP contribution in [0.2, 0.25) is 0 Å². The normalized spacial score (nSPS) is 13.6. The fraction of sp³-hybridized carbons (Fsp3) is 0. The van der Waals surface area contributed by atoms with Gasteiger partial charge in [0, 0.05) is 5.82 Å². The number of allylic oxidation sites excluding steroid dienone is 2. The average Bonchev–Trinajstić information content (AvgIpc) is 1.63. The Morgan fingerprint density at radius 1 is 1.22 bits per heavy atom. The van der Waals surface area contributed by atoms with Crippen molar-refractivity contribution in [3.63, 3.8) is 0 Å². The van der Waals surface area contributed by atoms with Crippen LogP contribution in [-0.4, -0.2) is 14.9 Å². The highest BCUT2D eigenvalue weighted by Crippen LogP contribution is 2.35. The Labute approximate surface area is 52.3 Å². The molecule has 9 heavy (non-hydrogen) atoms. The van der Waals surface area contributed by atoms with Crippen LogP contribution in [0.15, 0.2) is 24.2 Å². The summed E-state index contributed by atoms with van der Waals surface area (Å²) in [7, 11) is -4.04. The zero-order valence-electron chi connectivity index (χ0n) is 4.51. The Morgan fingerprint density at radius 2 is 1.78 bits per heavy atom. The minimum atomic E-state index is -4.04. The second kappa shape index (κ2) is 3.45. The maximum Gasteiger partial charge on any atom is 0.349 e. The first-order valence-electron chi connectivity index (χ1n) is 2.10. The highest BCUT2D eigenvalue weighted by atomic mass is 31.2. The summed E-state index contributed by atoms with van der Waals surface area (Å²) in [6.45, 7) is 0. The lowest BCUT2D eigenvalue weighted by molar-refractivity contribution is 0.386. The SMILES string of the molecule is O=P(O)(O)/C=C/C=C/O. The number of aliphatic hydroxyl groups is 1. The van der Waals surface area contributed by atoms with Crippen molar-refractivity contribution >= 4 is 7.60 Å². The Kier molecular flexibility index (Phi) is 3.24. The molecule has 0 aromatic rings. The van der Waals surface area contributed by atoms with Gasteiger partial charge in [0.05, 0.1) is 6.26 Å². The van der Waals surface area contributed by atoms with Crippen molar-refractivity contribution in [3.05, 3.63) is 24.2 Å². The summed E-state index contributed by atoms with van der Waals surface area (Å²) in [6, 6.07) is 0. The first-order valence-corrected chi connectivity index (χ1v) is 3.78. The molecule has 0 radical (unpaired) electrons. The molecule has 0 bridgehead atoms. The summed E-state index contributed by atoms with van der Waals surface area (Å²) in [4.78, 5) is 16.3. The van der Waals surface area contributed by atoms with Crippen molar-refractivity contribution < 1.29 is 19.5 Å². The van der Waals surface area contributed by atoms with Crippen LogP contribution in [0.5, 0.6) is 0 Å². The van der Waals surface area contributed by atoms with Gasteiger partial charge in [0.1, 0.15) is 0 Å². The van der Waals surface area contributed by atoms with Crippen molar-refractivity contribution in [2.45, 2.75) is 0 Å². The van der Waals surface area contributed by atoms with Crippen LogP contribution in [0.3, 0.4) is 0 Å². The van der Waals surface area contributed by atoms with Gasteiger partial charge in [0.2, 0.25) is 0 Å². The monoisotopic (exact) mass is 150 g/mol. The zero-order valence-corrected chi connectivity index (χ0v) is 5.40. The molecule has 0 heterocycles. The van der Waals surface area contributed by atoms with E-state index in [0.717, 1.165) is 12.2 Å². The highest BCUT2D eigenvalue weighted by molar-refractivity contribution is 7.55. The standard InChI is InChI=1S/C4H7O4P/c5-3-1-2-4-9(6,7)8/h1-5H,(H2,6,7,8)/b3-1+,4-2+. The van der Waals surface area contributed by atoms with Crippen molar-refractivity contribution in [3.8, 4) is 0 Å². The molecule has 0 saturated carbocycles. The van der Waals surface area contributed by atoms with Gasteiger partial charge in [-0.3, -0.25) is 4.57 Å². The molecule has 4 nitrogen and oxygen atoms in total. The lowest BCUT2D eigenvalue weighted by atomic mass is 10.6. The van der Waals surface area contributed by atoms with E-state index in [1.807, 2.05) is 0 Å². The Morgan fingerprint density at radius 3 is 2.11 bits per heavy atom. The predicted molar refractivity (Wildman–Crippen MR) is 33.0 cm³/mol. The number of hydrogen-bond acceptors (Lipinski definition) is 2. The van der Waals surface area contributed by atoms with E-state index in [4.69, 9.17) is 14.9 Å². The molecule has 5 heteroatoms. The Balaban J connectivity index is 3.86. The molecule has 0 aromatic carbocycles. The molecule has 0 unspecified atom stereocenters. The lowest BCUT2D eigenvalue weighted by Gasteiger charge is -1.89. The van der Waals surface area contributed by atoms with Gasteiger partial charge in [-0.2, -0.15) is 0 Å². The van der Waals surface area contributed by atoms with E-state index in [9.17, 15) is 4.57 Å². The van der Waals surface area contributed by atoms with Crippen molar-refractivity contribution in [2.24, 2.45) is 0 Å². The van der Waals surface area contributed by atoms with Gasteiger partial charge in [0.25, 0.3) is 0 Å². The Hall–Kier alpha value is -0.570. The third-order valence-corrected chi connectivity index (χ3v) is 1.04. The van der Waals surface area contributed by atoms with Gasteiger partial charge in [-0.05, 0) is 6.08 Å². The predicted octanol–water partition coefficient (Wildman–Crippen LogP) is 0.750. The van der Waals surface area contributed by atoms with E-state index in [1.54, 1.807) is 0 Å². The van der Waals surface area contributed by atoms with Crippen LogP contribution >= 0.6 is 7.60 Å². The molecule has 0 saturated heterocycles. The molecular formula is C4H7O4P. The molecule has 0 fully saturated rings. The molecule has 3 N–H and O–H groups in total. The average molecular weight is 150 g/mol. The first-order chi connectivity index (χ1) is 4.06. The largest absolute Gasteiger partial charge is 0.516 e. The van der Waals surface area contributed by atoms with Crippen molar-refractivity contribution in [2.75, 3.05) is 0 Å². The summed E-state index contributed by atoms with van der Waals surface area (Å²) in [5, 5.41) is 7.98. The molecule has 0 aliphatic rings. The molecule has 0 aliphatic heterocycles. The number of hydrogen-bond donors (Lipinski definition) is 3.